The summed E-state index contributed by atoms with van der Waals surface area (Å²) in [5, 5.41) is 34.0. The average molecular weight is 1760 g/mol. The van der Waals surface area contributed by atoms with Crippen molar-refractivity contribution in [1.29, 1.82) is 0 Å². The highest BCUT2D eigenvalue weighted by atomic mass is 16.7. The number of cyclic esters (lactones) is 4. The first-order chi connectivity index (χ1) is 57.5. The molecule has 36 heteroatoms. The Bertz CT molecular complexity index is 3610. The Morgan fingerprint density at radius 3 is 1.36 bits per heavy atom. The molecule has 4 fully saturated rings. The van der Waals surface area contributed by atoms with Gasteiger partial charge in [0.1, 0.15) is 31.0 Å². The van der Waals surface area contributed by atoms with E-state index in [1.807, 2.05) is 83.6 Å². The van der Waals surface area contributed by atoms with E-state index in [1.54, 1.807) is 79.4 Å². The van der Waals surface area contributed by atoms with Gasteiger partial charge in [0.25, 0.3) is 0 Å². The smallest absolute Gasteiger partial charge is 0.410 e. The molecular formula is C88H155N13O23. The van der Waals surface area contributed by atoms with E-state index in [-0.39, 0.29) is 99.6 Å². The quantitative estimate of drug-likeness (QED) is 0.00552. The largest absolute Gasteiger partial charge is 0.456 e. The summed E-state index contributed by atoms with van der Waals surface area (Å²) < 4.78 is 84.8. The van der Waals surface area contributed by atoms with E-state index in [9.17, 15) is 43.8 Å². The number of nitrogens with zero attached hydrogens (tertiary/aromatic N) is 10. The predicted octanol–water partition coefficient (Wildman–Crippen LogP) is 13.7. The number of hydrogen-bond donors (Lipinski definition) is 5. The number of ether oxygens (including phenoxy) is 14. The number of nitrogens with two attached hydrogens (primary N) is 1. The molecule has 6 aliphatic heterocycles. The zero-order valence-corrected chi connectivity index (χ0v) is 78.4. The second-order valence-corrected chi connectivity index (χ2v) is 36.1. The maximum absolute atomic E-state index is 13.3. The predicted molar refractivity (Wildman–Crippen MR) is 468 cm³/mol. The lowest BCUT2D eigenvalue weighted by molar-refractivity contribution is -0.286. The average Bonchev–Trinajstić information content (AvgIpc) is 1.63. The fraction of sp³-hybridized carbons (Fsp3) is 0.830. The summed E-state index contributed by atoms with van der Waals surface area (Å²) in [5.74, 6) is -3.87. The molecule has 6 heterocycles. The highest BCUT2D eigenvalue weighted by Crippen LogP contribution is 2.47. The van der Waals surface area contributed by atoms with Gasteiger partial charge in [0.2, 0.25) is 11.6 Å². The Balaban J connectivity index is 0.000000539. The van der Waals surface area contributed by atoms with Crippen LogP contribution in [-0.2, 0) is 80.7 Å². The van der Waals surface area contributed by atoms with Crippen LogP contribution in [0.2, 0.25) is 0 Å². The van der Waals surface area contributed by atoms with Crippen molar-refractivity contribution in [2.75, 3.05) is 94.9 Å². The first-order valence-corrected chi connectivity index (χ1v) is 43.5. The second kappa shape index (κ2) is 50.3. The highest BCUT2D eigenvalue weighted by molar-refractivity contribution is 5.90. The number of carbonyl (C=O) groups excluding carboxylic acids is 7. The number of aldehydes is 1. The van der Waals surface area contributed by atoms with Gasteiger partial charge >= 0.3 is 36.3 Å². The Labute approximate surface area is 737 Å². The fourth-order valence-corrected chi connectivity index (χ4v) is 18.1. The minimum Gasteiger partial charge on any atom is -0.456 e. The van der Waals surface area contributed by atoms with Gasteiger partial charge in [-0.2, -0.15) is 0 Å². The van der Waals surface area contributed by atoms with Crippen LogP contribution in [0.15, 0.2) is 58.2 Å². The maximum Gasteiger partial charge on any atom is 0.410 e. The molecule has 124 heavy (non-hydrogen) atoms. The van der Waals surface area contributed by atoms with Crippen LogP contribution in [-0.4, -0.2) is 281 Å². The molecule has 6 aliphatic rings. The summed E-state index contributed by atoms with van der Waals surface area (Å²) in [6, 6.07) is -0.966. The molecule has 0 aromatic heterocycles. The summed E-state index contributed by atoms with van der Waals surface area (Å²) in [4.78, 5) is 101. The molecule has 0 aromatic carbocycles. The molecular weight excluding hydrogens is 1610 g/mol. The standard InChI is InChI=1S/C44H76N6O11.C30H50N2O9.C13H25N5O3.CH4/c1-15-23-56-40(53)46-26-32-24-33(49(12)13)29(5)39(57-32)58-37(30(6)35-31(7)38(52)60-42(8,9)59-35)43(10,55-14)25-27(3)19-20-28(4)36-44(11,34(51)16-2)61-41(54)50(36)22-18-17-21-47-48-45;1-12-13-37-28(35)31-16-22-14-23(32(9)10)19(3)27(38-22)39-25(30(8,36-11)15-18(2)17-33)20(4)24-21(5)26(34)41-29(6,7)40-24;1-4-10(19)13(3)11(9(2)14)18(12(20)21-13)8-6-5-7-16-17-15;/h15,27-30,32-34,36-37,39,51H,1,16-26H2,2-14H3,(H,46,53);12,17-20,22-23,25,27H,1,13-16H2,2-11H3,(H,31,35);9-11,19H,4-8,14H2,1-3H3;1H4/t27-,28-,29+,30-,32-,33?,34+,36+,37+,39-,43+,44+;18-,19-,20+,22+,23?,25-,27+,30-;9-,10-,11-,13-;/m011./s1. The molecule has 2 unspecified atom stereocenters. The Morgan fingerprint density at radius 2 is 1.02 bits per heavy atom. The molecule has 4 amide bonds. The van der Waals surface area contributed by atoms with Crippen LogP contribution in [0.3, 0.4) is 0 Å². The van der Waals surface area contributed by atoms with Crippen LogP contribution in [0.5, 0.6) is 0 Å². The van der Waals surface area contributed by atoms with Crippen LogP contribution in [0.1, 0.15) is 223 Å². The number of nitrogens with one attached hydrogen (secondary N) is 2. The molecule has 0 radical (unpaired) electrons. The van der Waals surface area contributed by atoms with Crippen molar-refractivity contribution in [3.8, 4) is 0 Å². The highest BCUT2D eigenvalue weighted by Gasteiger charge is 2.59. The summed E-state index contributed by atoms with van der Waals surface area (Å²) in [6.07, 6.45) is 3.86. The number of methoxy groups -OCH3 is 2. The molecule has 6 N–H and O–H groups in total. The summed E-state index contributed by atoms with van der Waals surface area (Å²) in [5.41, 5.74) is 19.6. The van der Waals surface area contributed by atoms with Crippen LogP contribution in [0.4, 0.5) is 19.2 Å². The third kappa shape index (κ3) is 30.0. The zero-order chi connectivity index (χ0) is 93.0. The van der Waals surface area contributed by atoms with Crippen molar-refractivity contribution in [3.05, 3.63) is 68.9 Å². The van der Waals surface area contributed by atoms with Gasteiger partial charge < -0.3 is 112 Å². The number of unbranched alkanes of at least 4 members (excludes halogenated alkanes) is 2. The van der Waals surface area contributed by atoms with Gasteiger partial charge in [-0.05, 0) is 170 Å². The minimum absolute atomic E-state index is 0. The molecule has 0 bridgehead atoms. The van der Waals surface area contributed by atoms with E-state index < -0.39 is 125 Å². The fourth-order valence-electron chi connectivity index (χ4n) is 18.1. The van der Waals surface area contributed by atoms with Gasteiger partial charge in [-0.25, -0.2) is 28.8 Å². The van der Waals surface area contributed by atoms with Crippen molar-refractivity contribution < 1.29 is 110 Å². The van der Waals surface area contributed by atoms with Gasteiger partial charge in [0.05, 0.1) is 71.1 Å². The van der Waals surface area contributed by atoms with Crippen molar-refractivity contribution in [1.82, 2.24) is 30.2 Å². The Morgan fingerprint density at radius 1 is 0.637 bits per heavy atom. The van der Waals surface area contributed by atoms with Crippen molar-refractivity contribution in [2.24, 2.45) is 57.4 Å². The van der Waals surface area contributed by atoms with Gasteiger partial charge in [-0.1, -0.05) is 112 Å². The summed E-state index contributed by atoms with van der Waals surface area (Å²) >= 11 is 0. The maximum atomic E-state index is 13.3. The first kappa shape index (κ1) is 111. The third-order valence-electron chi connectivity index (χ3n) is 24.7. The normalized spacial score (nSPS) is 28.1. The number of esters is 2. The number of carbonyl (C=O) groups is 7. The van der Waals surface area contributed by atoms with Crippen molar-refractivity contribution in [3.63, 3.8) is 0 Å². The number of aliphatic hydroxyl groups excluding tert-OH is 2. The van der Waals surface area contributed by atoms with Gasteiger partial charge in [0.15, 0.2) is 23.8 Å². The molecule has 0 spiro atoms. The van der Waals surface area contributed by atoms with Crippen molar-refractivity contribution >= 4 is 42.6 Å². The Kier molecular flexibility index (Phi) is 44.8. The van der Waals surface area contributed by atoms with E-state index in [0.717, 1.165) is 19.1 Å². The molecule has 710 valence electrons. The number of rotatable bonds is 46. The monoisotopic (exact) mass is 1760 g/mol. The van der Waals surface area contributed by atoms with Crippen LogP contribution in [0, 0.1) is 41.4 Å². The van der Waals surface area contributed by atoms with E-state index in [2.05, 4.69) is 81.3 Å². The zero-order valence-electron chi connectivity index (χ0n) is 78.4. The van der Waals surface area contributed by atoms with Gasteiger partial charge in [-0.15, -0.1) is 0 Å². The molecule has 0 aromatic rings. The number of alkyl carbamates (subject to hydrolysis) is 2. The third-order valence-corrected chi connectivity index (χ3v) is 24.7. The summed E-state index contributed by atoms with van der Waals surface area (Å²) in [6.45, 7) is 46.6. The molecule has 24 atom stereocenters. The lowest BCUT2D eigenvalue weighted by Crippen LogP contribution is -2.58. The second-order valence-electron chi connectivity index (χ2n) is 36.1. The van der Waals surface area contributed by atoms with E-state index >= 15 is 0 Å². The topological polar surface area (TPSA) is 450 Å². The van der Waals surface area contributed by atoms with Crippen molar-refractivity contribution in [2.45, 2.75) is 336 Å². The van der Waals surface area contributed by atoms with Gasteiger partial charge in [-0.3, -0.25) is 4.90 Å². The molecule has 0 saturated carbocycles. The minimum atomic E-state index is -1.21. The molecule has 4 saturated heterocycles. The molecule has 36 nitrogen and oxygen atoms in total. The summed E-state index contributed by atoms with van der Waals surface area (Å²) in [7, 11) is 11.3. The lowest BCUT2D eigenvalue weighted by Gasteiger charge is -2.48. The van der Waals surface area contributed by atoms with E-state index in [4.69, 9.17) is 83.1 Å². The van der Waals surface area contributed by atoms with Crippen LogP contribution in [0.25, 0.3) is 20.9 Å². The number of amides is 4. The number of aliphatic hydroxyl groups is 2. The molecule has 0 aliphatic carbocycles. The number of azide groups is 2. The van der Waals surface area contributed by atoms with Gasteiger partial charge in [0, 0.05) is 139 Å². The number of hydrogen-bond acceptors (Lipinski definition) is 28. The van der Waals surface area contributed by atoms with Crippen LogP contribution < -0.4 is 16.4 Å². The van der Waals surface area contributed by atoms with Crippen LogP contribution >= 0.6 is 0 Å². The van der Waals surface area contributed by atoms with E-state index in [0.29, 0.717) is 113 Å². The Hall–Kier alpha value is -7.57. The van der Waals surface area contributed by atoms with E-state index in [1.165, 1.54) is 12.2 Å². The first-order valence-electron chi connectivity index (χ1n) is 43.5. The lowest BCUT2D eigenvalue weighted by atomic mass is 9.76. The SMILES string of the molecule is C.C=CCOC(=O)NC[C@@H]1CC(N(C)C)[C@@H](C)[C@H](O[C@H]([C@@H](C)C2=C(C)C(=O)OC(C)(C)O2)[C@@](C)(C[C@@H](C)C=O)OC)O1.C=CCOC(=O)NC[C@@H]1CC(N(C)C)[C@@H](C)[C@H](O[C@H]([C@@H](C)C2=C(C)C(=O)OC(C)(C)O2)[C@@](C)(C[C@@H](C)CC[C@H](C)[C@H]2N(CCCCN=[N+]=[N-])C(=O)O[C@]2(C)[C@H](O)CC)OC)O1.CC[C@@H](O)[C@@]1(C)OC(=O)N(CCCCN=[N+]=[N-])[C@@H]1[C@@H](C)N. The molecule has 6 rings (SSSR count).